The quantitative estimate of drug-likeness (QED) is 0.337. The molecule has 0 atom stereocenters. The first kappa shape index (κ1) is 21.7. The number of benzene rings is 1. The number of nitrogens with zero attached hydrogens (tertiary/aromatic N) is 4. The summed E-state index contributed by atoms with van der Waals surface area (Å²) in [6, 6.07) is 12.6. The molecule has 0 unspecified atom stereocenters. The van der Waals surface area contributed by atoms with E-state index in [1.807, 2.05) is 18.2 Å². The Morgan fingerprint density at radius 2 is 1.91 bits per heavy atom. The van der Waals surface area contributed by atoms with E-state index < -0.39 is 11.9 Å². The van der Waals surface area contributed by atoms with Crippen LogP contribution in [0.25, 0.3) is 22.3 Å². The number of anilines is 1. The van der Waals surface area contributed by atoms with Crippen LogP contribution < -0.4 is 5.32 Å². The summed E-state index contributed by atoms with van der Waals surface area (Å²) in [6.45, 7) is 0.479. The number of imidazole rings is 1. The maximum absolute atomic E-state index is 13.3. The zero-order valence-corrected chi connectivity index (χ0v) is 18.2. The molecule has 0 fully saturated rings. The van der Waals surface area contributed by atoms with Crippen LogP contribution in [0.4, 0.5) is 18.9 Å². The molecule has 34 heavy (non-hydrogen) atoms. The highest BCUT2D eigenvalue weighted by atomic mass is 19.4. The van der Waals surface area contributed by atoms with Gasteiger partial charge >= 0.3 is 6.18 Å². The Bertz CT molecular complexity index is 1400. The fourth-order valence-electron chi connectivity index (χ4n) is 3.82. The highest BCUT2D eigenvalue weighted by Crippen LogP contribution is 2.36. The van der Waals surface area contributed by atoms with Gasteiger partial charge in [0.05, 0.1) is 12.0 Å². The third-order valence-corrected chi connectivity index (χ3v) is 5.47. The molecule has 1 aromatic carbocycles. The molecule has 0 radical (unpaired) electrons. The van der Waals surface area contributed by atoms with Crippen LogP contribution in [0.5, 0.6) is 0 Å². The Kier molecular flexibility index (Phi) is 5.56. The summed E-state index contributed by atoms with van der Waals surface area (Å²) < 4.78 is 46.4. The highest BCUT2D eigenvalue weighted by molar-refractivity contribution is 5.85. The number of halogens is 3. The Balaban J connectivity index is 1.29. The normalized spacial score (nSPS) is 11.9. The first-order chi connectivity index (χ1) is 16.4. The van der Waals surface area contributed by atoms with Crippen molar-refractivity contribution in [2.24, 2.45) is 7.05 Å². The van der Waals surface area contributed by atoms with Crippen LogP contribution in [0.15, 0.2) is 65.5 Å². The summed E-state index contributed by atoms with van der Waals surface area (Å²) in [5.74, 6) is 1.71. The number of aromatic amines is 1. The zero-order valence-electron chi connectivity index (χ0n) is 18.2. The van der Waals surface area contributed by atoms with Gasteiger partial charge in [-0.2, -0.15) is 18.3 Å². The second-order valence-electron chi connectivity index (χ2n) is 7.93. The summed E-state index contributed by atoms with van der Waals surface area (Å²) in [4.78, 5) is 12.3. The topological polar surface area (TPSA) is 84.6 Å². The van der Waals surface area contributed by atoms with Gasteiger partial charge in [-0.3, -0.25) is 4.68 Å². The van der Waals surface area contributed by atoms with Crippen molar-refractivity contribution in [1.82, 2.24) is 24.7 Å². The summed E-state index contributed by atoms with van der Waals surface area (Å²) in [7, 11) is 1.48. The van der Waals surface area contributed by atoms with Gasteiger partial charge in [-0.1, -0.05) is 24.3 Å². The van der Waals surface area contributed by atoms with Crippen LogP contribution in [-0.4, -0.2) is 24.7 Å². The number of hydrogen-bond donors (Lipinski definition) is 2. The fraction of sp³-hybridized carbons (Fsp3) is 0.208. The van der Waals surface area contributed by atoms with Gasteiger partial charge in [0.2, 0.25) is 0 Å². The summed E-state index contributed by atoms with van der Waals surface area (Å²) in [6.07, 6.45) is 1.64. The van der Waals surface area contributed by atoms with Crippen molar-refractivity contribution in [2.45, 2.75) is 25.6 Å². The molecule has 4 heterocycles. The maximum atomic E-state index is 13.3. The molecule has 0 saturated heterocycles. The SMILES string of the molecule is Cn1cc(-c2ccc(CNc3ccnc4[nH]c(CCc5ccco5)nc34)cc2)c(C(F)(F)F)n1. The molecule has 2 N–H and O–H groups in total. The molecule has 0 aliphatic carbocycles. The number of H-pyrrole nitrogens is 1. The molecule has 4 aromatic heterocycles. The molecule has 0 spiro atoms. The van der Waals surface area contributed by atoms with Gasteiger partial charge in [-0.25, -0.2) is 9.97 Å². The van der Waals surface area contributed by atoms with Crippen molar-refractivity contribution < 1.29 is 17.6 Å². The molecular weight excluding hydrogens is 445 g/mol. The van der Waals surface area contributed by atoms with E-state index in [0.717, 1.165) is 34.8 Å². The van der Waals surface area contributed by atoms with Gasteiger partial charge in [0.15, 0.2) is 11.3 Å². The minimum absolute atomic E-state index is 0.0592. The second-order valence-corrected chi connectivity index (χ2v) is 7.93. The lowest BCUT2D eigenvalue weighted by molar-refractivity contribution is -0.140. The monoisotopic (exact) mass is 466 g/mol. The van der Waals surface area contributed by atoms with Gasteiger partial charge in [-0.05, 0) is 29.3 Å². The first-order valence-corrected chi connectivity index (χ1v) is 10.7. The Labute approximate surface area is 192 Å². The Morgan fingerprint density at radius 1 is 1.09 bits per heavy atom. The average Bonchev–Trinajstić information content (AvgIpc) is 3.55. The van der Waals surface area contributed by atoms with Crippen molar-refractivity contribution in [2.75, 3.05) is 5.32 Å². The minimum atomic E-state index is -4.51. The van der Waals surface area contributed by atoms with E-state index in [2.05, 4.69) is 25.4 Å². The average molecular weight is 466 g/mol. The van der Waals surface area contributed by atoms with E-state index in [9.17, 15) is 13.2 Å². The Morgan fingerprint density at radius 3 is 2.65 bits per heavy atom. The summed E-state index contributed by atoms with van der Waals surface area (Å²) in [5.41, 5.74) is 2.79. The summed E-state index contributed by atoms with van der Waals surface area (Å²) >= 11 is 0. The summed E-state index contributed by atoms with van der Waals surface area (Å²) in [5, 5.41) is 6.92. The van der Waals surface area contributed by atoms with E-state index in [1.54, 1.807) is 36.7 Å². The van der Waals surface area contributed by atoms with Gasteiger partial charge in [0.1, 0.15) is 17.1 Å². The highest BCUT2D eigenvalue weighted by Gasteiger charge is 2.37. The third kappa shape index (κ3) is 4.52. The standard InChI is InChI=1S/C24H21F3N6O/c1-33-14-18(22(32-33)24(25,26)27)16-6-4-15(5-7-16)13-29-19-10-11-28-23-21(19)30-20(31-23)9-8-17-3-2-12-34-17/h2-7,10-12,14H,8-9,13H2,1H3,(H2,28,29,30,31). The smallest absolute Gasteiger partial charge is 0.435 e. The molecule has 0 bridgehead atoms. The minimum Gasteiger partial charge on any atom is -0.469 e. The number of hydrogen-bond acceptors (Lipinski definition) is 5. The first-order valence-electron chi connectivity index (χ1n) is 10.7. The van der Waals surface area contributed by atoms with Crippen molar-refractivity contribution in [3.05, 3.63) is 84.0 Å². The molecule has 0 aliphatic heterocycles. The van der Waals surface area contributed by atoms with Crippen LogP contribution in [0.3, 0.4) is 0 Å². The number of fused-ring (bicyclic) bond motifs is 1. The molecule has 174 valence electrons. The van der Waals surface area contributed by atoms with Crippen LogP contribution in [0.1, 0.15) is 22.8 Å². The van der Waals surface area contributed by atoms with Crippen LogP contribution in [0, 0.1) is 0 Å². The van der Waals surface area contributed by atoms with Crippen molar-refractivity contribution in [3.8, 4) is 11.1 Å². The number of aryl methyl sites for hydroxylation is 3. The number of alkyl halides is 3. The Hall–Kier alpha value is -4.08. The van der Waals surface area contributed by atoms with Crippen LogP contribution in [-0.2, 0) is 32.6 Å². The number of nitrogens with one attached hydrogen (secondary N) is 2. The van der Waals surface area contributed by atoms with Gasteiger partial charge in [0, 0.05) is 44.4 Å². The molecule has 7 nitrogen and oxygen atoms in total. The van der Waals surface area contributed by atoms with Crippen LogP contribution in [0.2, 0.25) is 0 Å². The molecule has 5 rings (SSSR count). The number of rotatable bonds is 7. The fourth-order valence-corrected chi connectivity index (χ4v) is 3.82. The predicted molar refractivity (Wildman–Crippen MR) is 121 cm³/mol. The lowest BCUT2D eigenvalue weighted by Crippen LogP contribution is -2.08. The van der Waals surface area contributed by atoms with E-state index in [-0.39, 0.29) is 5.56 Å². The van der Waals surface area contributed by atoms with Gasteiger partial charge in [-0.15, -0.1) is 0 Å². The molecule has 0 aliphatic rings. The van der Waals surface area contributed by atoms with E-state index in [4.69, 9.17) is 4.42 Å². The van der Waals surface area contributed by atoms with E-state index in [0.29, 0.717) is 24.2 Å². The number of pyridine rings is 1. The van der Waals surface area contributed by atoms with Gasteiger partial charge < -0.3 is 14.7 Å². The molecular formula is C24H21F3N6O. The van der Waals surface area contributed by atoms with Gasteiger partial charge in [0.25, 0.3) is 0 Å². The maximum Gasteiger partial charge on any atom is 0.435 e. The predicted octanol–water partition coefficient (Wildman–Crippen LogP) is 5.37. The lowest BCUT2D eigenvalue weighted by atomic mass is 10.0. The lowest BCUT2D eigenvalue weighted by Gasteiger charge is -2.09. The van der Waals surface area contributed by atoms with E-state index in [1.165, 1.54) is 17.9 Å². The second kappa shape index (κ2) is 8.69. The van der Waals surface area contributed by atoms with Crippen molar-refractivity contribution in [3.63, 3.8) is 0 Å². The zero-order chi connectivity index (χ0) is 23.7. The van der Waals surface area contributed by atoms with Crippen molar-refractivity contribution in [1.29, 1.82) is 0 Å². The number of furan rings is 1. The van der Waals surface area contributed by atoms with Crippen molar-refractivity contribution >= 4 is 16.9 Å². The largest absolute Gasteiger partial charge is 0.469 e. The third-order valence-electron chi connectivity index (χ3n) is 5.47. The molecule has 5 aromatic rings. The molecule has 10 heteroatoms. The van der Waals surface area contributed by atoms with E-state index >= 15 is 0 Å². The molecule has 0 amide bonds. The van der Waals surface area contributed by atoms with Crippen LogP contribution >= 0.6 is 0 Å². The number of aromatic nitrogens is 5. The molecule has 0 saturated carbocycles.